The summed E-state index contributed by atoms with van der Waals surface area (Å²) in [4.78, 5) is 35.6. The molecule has 0 atom stereocenters. The molecule has 0 heterocycles. The molecule has 2 aromatic rings. The number of benzene rings is 2. The van der Waals surface area contributed by atoms with Crippen LogP contribution in [-0.2, 0) is 9.53 Å². The lowest BCUT2D eigenvalue weighted by molar-refractivity contribution is -0.116. The Hall–Kier alpha value is -3.22. The number of halogens is 1. The Morgan fingerprint density at radius 3 is 2.30 bits per heavy atom. The predicted molar refractivity (Wildman–Crippen MR) is 97.5 cm³/mol. The quantitative estimate of drug-likeness (QED) is 0.565. The summed E-state index contributed by atoms with van der Waals surface area (Å²) < 4.78 is 23.3. The number of ether oxygens (including phenoxy) is 2. The zero-order valence-corrected chi connectivity index (χ0v) is 15.1. The van der Waals surface area contributed by atoms with Crippen molar-refractivity contribution in [3.63, 3.8) is 0 Å². The molecule has 0 aromatic heterocycles. The predicted octanol–water partition coefficient (Wildman–Crippen LogP) is 3.61. The molecule has 2 aromatic carbocycles. The summed E-state index contributed by atoms with van der Waals surface area (Å²) in [5, 5.41) is 2.71. The number of carbonyl (C=O) groups excluding carboxylic acids is 3. The van der Waals surface area contributed by atoms with Crippen LogP contribution in [0.3, 0.4) is 0 Å². The third kappa shape index (κ3) is 5.64. The van der Waals surface area contributed by atoms with Crippen LogP contribution in [0, 0.1) is 5.82 Å². The van der Waals surface area contributed by atoms with Gasteiger partial charge in [0, 0.05) is 17.7 Å². The Kier molecular flexibility index (Phi) is 7.05. The number of esters is 1. The molecule has 0 unspecified atom stereocenters. The van der Waals surface area contributed by atoms with Crippen LogP contribution in [0.25, 0.3) is 0 Å². The SMILES string of the molecule is CCCC(=O)Nc1ccc(C(=O)COC(=O)c2ccc(OC)c(F)c2)cc1. The smallest absolute Gasteiger partial charge is 0.338 e. The molecule has 6 nitrogen and oxygen atoms in total. The van der Waals surface area contributed by atoms with Gasteiger partial charge in [-0.2, -0.15) is 0 Å². The normalized spacial score (nSPS) is 10.2. The number of hydrogen-bond acceptors (Lipinski definition) is 5. The van der Waals surface area contributed by atoms with Crippen LogP contribution in [-0.4, -0.2) is 31.4 Å². The van der Waals surface area contributed by atoms with Crippen molar-refractivity contribution >= 4 is 23.3 Å². The van der Waals surface area contributed by atoms with Crippen molar-refractivity contribution in [3.05, 3.63) is 59.4 Å². The lowest BCUT2D eigenvalue weighted by atomic mass is 10.1. The molecule has 2 rings (SSSR count). The standard InChI is InChI=1S/C20H20FNO5/c1-3-4-19(24)22-15-8-5-13(6-9-15)17(23)12-27-20(25)14-7-10-18(26-2)16(21)11-14/h5-11H,3-4,12H2,1-2H3,(H,22,24). The van der Waals surface area contributed by atoms with E-state index in [1.165, 1.54) is 31.4 Å². The van der Waals surface area contributed by atoms with E-state index in [9.17, 15) is 18.8 Å². The highest BCUT2D eigenvalue weighted by molar-refractivity contribution is 6.00. The van der Waals surface area contributed by atoms with Crippen LogP contribution in [0.5, 0.6) is 5.75 Å². The summed E-state index contributed by atoms with van der Waals surface area (Å²) in [5.41, 5.74) is 0.892. The first kappa shape index (κ1) is 20.1. The van der Waals surface area contributed by atoms with E-state index in [2.05, 4.69) is 5.32 Å². The second-order valence-electron chi connectivity index (χ2n) is 5.72. The van der Waals surface area contributed by atoms with Gasteiger partial charge in [0.2, 0.25) is 5.91 Å². The number of hydrogen-bond donors (Lipinski definition) is 1. The van der Waals surface area contributed by atoms with E-state index in [-0.39, 0.29) is 17.2 Å². The minimum absolute atomic E-state index is 0.00810. The van der Waals surface area contributed by atoms with Crippen LogP contribution >= 0.6 is 0 Å². The molecule has 0 fully saturated rings. The molecular weight excluding hydrogens is 353 g/mol. The molecule has 27 heavy (non-hydrogen) atoms. The zero-order valence-electron chi connectivity index (χ0n) is 15.1. The molecule has 0 radical (unpaired) electrons. The number of anilines is 1. The maximum atomic E-state index is 13.6. The summed E-state index contributed by atoms with van der Waals surface area (Å²) in [5.74, 6) is -2.01. The van der Waals surface area contributed by atoms with Gasteiger partial charge in [0.05, 0.1) is 12.7 Å². The van der Waals surface area contributed by atoms with Gasteiger partial charge in [0.1, 0.15) is 0 Å². The molecule has 0 bridgehead atoms. The summed E-state index contributed by atoms with van der Waals surface area (Å²) in [6.07, 6.45) is 1.16. The van der Waals surface area contributed by atoms with E-state index in [1.807, 2.05) is 6.92 Å². The highest BCUT2D eigenvalue weighted by Gasteiger charge is 2.14. The fourth-order valence-electron chi connectivity index (χ4n) is 2.28. The van der Waals surface area contributed by atoms with Gasteiger partial charge in [-0.25, -0.2) is 9.18 Å². The largest absolute Gasteiger partial charge is 0.494 e. The molecule has 0 saturated heterocycles. The van der Waals surface area contributed by atoms with Crippen LogP contribution in [0.2, 0.25) is 0 Å². The van der Waals surface area contributed by atoms with Gasteiger partial charge in [-0.15, -0.1) is 0 Å². The van der Waals surface area contributed by atoms with Gasteiger partial charge >= 0.3 is 5.97 Å². The average molecular weight is 373 g/mol. The van der Waals surface area contributed by atoms with Gasteiger partial charge in [0.15, 0.2) is 24.0 Å². The summed E-state index contributed by atoms with van der Waals surface area (Å²) in [7, 11) is 1.32. The Labute approximate surface area is 156 Å². The van der Waals surface area contributed by atoms with Crippen LogP contribution in [0.15, 0.2) is 42.5 Å². The van der Waals surface area contributed by atoms with Crippen molar-refractivity contribution < 1.29 is 28.2 Å². The number of ketones is 1. The topological polar surface area (TPSA) is 81.7 Å². The number of Topliss-reactive ketones (excluding diaryl/α,β-unsaturated/α-hetero) is 1. The Bertz CT molecular complexity index is 833. The highest BCUT2D eigenvalue weighted by atomic mass is 19.1. The minimum atomic E-state index is -0.812. The van der Waals surface area contributed by atoms with E-state index in [4.69, 9.17) is 9.47 Å². The van der Waals surface area contributed by atoms with E-state index >= 15 is 0 Å². The first-order chi connectivity index (χ1) is 12.9. The van der Waals surface area contributed by atoms with Crippen molar-refractivity contribution in [2.75, 3.05) is 19.0 Å². The fraction of sp³-hybridized carbons (Fsp3) is 0.250. The van der Waals surface area contributed by atoms with Crippen LogP contribution < -0.4 is 10.1 Å². The summed E-state index contributed by atoms with van der Waals surface area (Å²) >= 11 is 0. The van der Waals surface area contributed by atoms with Gasteiger partial charge in [0.25, 0.3) is 0 Å². The fourth-order valence-corrected chi connectivity index (χ4v) is 2.28. The summed E-state index contributed by atoms with van der Waals surface area (Å²) in [6.45, 7) is 1.43. The van der Waals surface area contributed by atoms with Crippen LogP contribution in [0.4, 0.5) is 10.1 Å². The third-order valence-corrected chi connectivity index (χ3v) is 3.69. The molecule has 0 saturated carbocycles. The maximum absolute atomic E-state index is 13.6. The van der Waals surface area contributed by atoms with Crippen molar-refractivity contribution in [1.29, 1.82) is 0 Å². The Morgan fingerprint density at radius 2 is 1.70 bits per heavy atom. The van der Waals surface area contributed by atoms with E-state index in [1.54, 1.807) is 12.1 Å². The van der Waals surface area contributed by atoms with Gasteiger partial charge in [-0.05, 0) is 48.9 Å². The number of nitrogens with one attached hydrogen (secondary N) is 1. The average Bonchev–Trinajstić information content (AvgIpc) is 2.66. The molecule has 0 aliphatic carbocycles. The van der Waals surface area contributed by atoms with Crippen molar-refractivity contribution in [2.24, 2.45) is 0 Å². The van der Waals surface area contributed by atoms with E-state index < -0.39 is 24.2 Å². The van der Waals surface area contributed by atoms with E-state index in [0.717, 1.165) is 12.5 Å². The first-order valence-corrected chi connectivity index (χ1v) is 8.38. The lowest BCUT2D eigenvalue weighted by Gasteiger charge is -2.07. The molecular formula is C20H20FNO5. The van der Waals surface area contributed by atoms with E-state index in [0.29, 0.717) is 17.7 Å². The molecule has 0 aliphatic rings. The van der Waals surface area contributed by atoms with Gasteiger partial charge < -0.3 is 14.8 Å². The van der Waals surface area contributed by atoms with Crippen molar-refractivity contribution in [3.8, 4) is 5.75 Å². The third-order valence-electron chi connectivity index (χ3n) is 3.69. The molecule has 1 N–H and O–H groups in total. The number of methoxy groups -OCH3 is 1. The second-order valence-corrected chi connectivity index (χ2v) is 5.72. The molecule has 1 amide bonds. The monoisotopic (exact) mass is 373 g/mol. The number of rotatable bonds is 8. The Balaban J connectivity index is 1.92. The molecule has 0 spiro atoms. The molecule has 0 aliphatic heterocycles. The highest BCUT2D eigenvalue weighted by Crippen LogP contribution is 2.18. The van der Waals surface area contributed by atoms with Crippen molar-refractivity contribution in [1.82, 2.24) is 0 Å². The van der Waals surface area contributed by atoms with Gasteiger partial charge in [-0.1, -0.05) is 6.92 Å². The molecule has 142 valence electrons. The van der Waals surface area contributed by atoms with Crippen molar-refractivity contribution in [2.45, 2.75) is 19.8 Å². The minimum Gasteiger partial charge on any atom is -0.494 e. The zero-order chi connectivity index (χ0) is 19.8. The lowest BCUT2D eigenvalue weighted by Crippen LogP contribution is -2.15. The van der Waals surface area contributed by atoms with Gasteiger partial charge in [-0.3, -0.25) is 9.59 Å². The maximum Gasteiger partial charge on any atom is 0.338 e. The molecule has 7 heteroatoms. The second kappa shape index (κ2) is 9.47. The Morgan fingerprint density at radius 1 is 1.04 bits per heavy atom. The number of carbonyl (C=O) groups is 3. The first-order valence-electron chi connectivity index (χ1n) is 8.38. The number of amides is 1. The summed E-state index contributed by atoms with van der Waals surface area (Å²) in [6, 6.07) is 9.90. The van der Waals surface area contributed by atoms with Crippen LogP contribution in [0.1, 0.15) is 40.5 Å².